The fraction of sp³-hybridized carbons (Fsp3) is 0.0952. The first kappa shape index (κ1) is 22.6. The Labute approximate surface area is 183 Å². The lowest BCUT2D eigenvalue weighted by atomic mass is 10.0. The van der Waals surface area contributed by atoms with Crippen LogP contribution in [-0.2, 0) is 16.2 Å². The summed E-state index contributed by atoms with van der Waals surface area (Å²) in [6, 6.07) is 14.6. The quantitative estimate of drug-likeness (QED) is 0.339. The van der Waals surface area contributed by atoms with Crippen LogP contribution in [-0.4, -0.2) is 23.9 Å². The lowest BCUT2D eigenvalue weighted by molar-refractivity contribution is -0.137. The molecular formula is C21H13F6N3O2S. The highest BCUT2D eigenvalue weighted by Gasteiger charge is 2.46. The van der Waals surface area contributed by atoms with Crippen molar-refractivity contribution < 1.29 is 34.8 Å². The van der Waals surface area contributed by atoms with Gasteiger partial charge in [0.2, 0.25) is 0 Å². The first-order valence-electron chi connectivity index (χ1n) is 9.21. The van der Waals surface area contributed by atoms with Crippen molar-refractivity contribution in [2.75, 3.05) is 4.72 Å². The van der Waals surface area contributed by atoms with Crippen molar-refractivity contribution in [3.8, 4) is 22.5 Å². The number of aromatic nitrogens is 2. The second-order valence-electron chi connectivity index (χ2n) is 6.99. The molecule has 3 aromatic carbocycles. The van der Waals surface area contributed by atoms with E-state index >= 15 is 0 Å². The van der Waals surface area contributed by atoms with Crippen LogP contribution in [0.1, 0.15) is 5.56 Å². The molecule has 0 aliphatic heterocycles. The molecule has 0 bridgehead atoms. The SMILES string of the molecule is O=S(=O)(Nc1ccccc1-c1ccc2nc(-c3cccc(C(F)(F)F)c3)[nH]c2c1)C(F)(F)F. The molecule has 0 spiro atoms. The van der Waals surface area contributed by atoms with Gasteiger partial charge in [-0.2, -0.15) is 34.8 Å². The molecular weight excluding hydrogens is 472 g/mol. The van der Waals surface area contributed by atoms with Gasteiger partial charge in [-0.15, -0.1) is 0 Å². The zero-order valence-corrected chi connectivity index (χ0v) is 17.1. The number of sulfonamides is 1. The molecule has 0 fully saturated rings. The highest BCUT2D eigenvalue weighted by atomic mass is 32.2. The van der Waals surface area contributed by atoms with E-state index in [4.69, 9.17) is 0 Å². The van der Waals surface area contributed by atoms with Gasteiger partial charge >= 0.3 is 21.7 Å². The summed E-state index contributed by atoms with van der Waals surface area (Å²) in [5.41, 5.74) is -5.09. The van der Waals surface area contributed by atoms with E-state index in [0.29, 0.717) is 16.6 Å². The molecule has 172 valence electrons. The minimum Gasteiger partial charge on any atom is -0.338 e. The maximum Gasteiger partial charge on any atom is 0.516 e. The summed E-state index contributed by atoms with van der Waals surface area (Å²) in [4.78, 5) is 7.17. The molecule has 4 aromatic rings. The minimum absolute atomic E-state index is 0.166. The largest absolute Gasteiger partial charge is 0.516 e. The van der Waals surface area contributed by atoms with E-state index in [0.717, 1.165) is 12.1 Å². The number of fused-ring (bicyclic) bond motifs is 1. The molecule has 2 N–H and O–H groups in total. The van der Waals surface area contributed by atoms with Crippen molar-refractivity contribution in [3.63, 3.8) is 0 Å². The van der Waals surface area contributed by atoms with E-state index in [-0.39, 0.29) is 22.6 Å². The number of halogens is 6. The number of imidazole rings is 1. The number of nitrogens with one attached hydrogen (secondary N) is 2. The predicted octanol–water partition coefficient (Wildman–Crippen LogP) is 6.18. The summed E-state index contributed by atoms with van der Waals surface area (Å²) in [7, 11) is -5.63. The molecule has 33 heavy (non-hydrogen) atoms. The van der Waals surface area contributed by atoms with Gasteiger partial charge in [-0.3, -0.25) is 4.72 Å². The fourth-order valence-corrected chi connectivity index (χ4v) is 3.77. The van der Waals surface area contributed by atoms with Crippen LogP contribution in [0.15, 0.2) is 66.7 Å². The number of H-pyrrole nitrogens is 1. The summed E-state index contributed by atoms with van der Waals surface area (Å²) < 4.78 is 102. The molecule has 0 atom stereocenters. The van der Waals surface area contributed by atoms with Crippen LogP contribution in [0.5, 0.6) is 0 Å². The molecule has 0 unspecified atom stereocenters. The molecule has 0 aliphatic carbocycles. The van der Waals surface area contributed by atoms with E-state index < -0.39 is 27.3 Å². The Morgan fingerprint density at radius 3 is 2.24 bits per heavy atom. The predicted molar refractivity (Wildman–Crippen MR) is 111 cm³/mol. The van der Waals surface area contributed by atoms with Crippen LogP contribution in [0.2, 0.25) is 0 Å². The smallest absolute Gasteiger partial charge is 0.338 e. The monoisotopic (exact) mass is 485 g/mol. The van der Waals surface area contributed by atoms with Crippen LogP contribution in [0.3, 0.4) is 0 Å². The summed E-state index contributed by atoms with van der Waals surface area (Å²) in [6.45, 7) is 0. The topological polar surface area (TPSA) is 74.8 Å². The van der Waals surface area contributed by atoms with E-state index in [1.165, 1.54) is 59.3 Å². The molecule has 0 saturated carbocycles. The fourth-order valence-electron chi connectivity index (χ4n) is 3.18. The standard InChI is InChI=1S/C21H13F6N3O2S/c22-20(23,24)14-5-3-4-13(10-14)19-28-17-9-8-12(11-18(17)29-19)15-6-1-2-7-16(15)30-33(31,32)21(25,26)27/h1-11,30H,(H,28,29). The molecule has 0 amide bonds. The van der Waals surface area contributed by atoms with Crippen LogP contribution in [0.4, 0.5) is 32.0 Å². The van der Waals surface area contributed by atoms with Gasteiger partial charge in [-0.25, -0.2) is 4.98 Å². The van der Waals surface area contributed by atoms with Gasteiger partial charge in [0.05, 0.1) is 22.3 Å². The summed E-state index contributed by atoms with van der Waals surface area (Å²) >= 11 is 0. The zero-order valence-electron chi connectivity index (χ0n) is 16.3. The number of benzene rings is 3. The van der Waals surface area contributed by atoms with E-state index in [1.54, 1.807) is 0 Å². The maximum absolute atomic E-state index is 13.0. The highest BCUT2D eigenvalue weighted by Crippen LogP contribution is 2.35. The van der Waals surface area contributed by atoms with E-state index in [1.807, 2.05) is 0 Å². The highest BCUT2D eigenvalue weighted by molar-refractivity contribution is 7.93. The van der Waals surface area contributed by atoms with E-state index in [9.17, 15) is 34.8 Å². The Morgan fingerprint density at radius 1 is 0.818 bits per heavy atom. The van der Waals surface area contributed by atoms with Crippen molar-refractivity contribution >= 4 is 26.7 Å². The number of para-hydroxylation sites is 1. The minimum atomic E-state index is -5.63. The number of anilines is 1. The van der Waals surface area contributed by atoms with Crippen LogP contribution >= 0.6 is 0 Å². The van der Waals surface area contributed by atoms with Crippen molar-refractivity contribution in [2.24, 2.45) is 0 Å². The third kappa shape index (κ3) is 4.51. The van der Waals surface area contributed by atoms with Crippen LogP contribution < -0.4 is 4.72 Å². The lowest BCUT2D eigenvalue weighted by Crippen LogP contribution is -2.30. The molecule has 1 heterocycles. The number of aromatic amines is 1. The van der Waals surface area contributed by atoms with Gasteiger partial charge in [0.15, 0.2) is 0 Å². The number of rotatable bonds is 4. The third-order valence-electron chi connectivity index (χ3n) is 4.73. The van der Waals surface area contributed by atoms with Crippen LogP contribution in [0.25, 0.3) is 33.5 Å². The van der Waals surface area contributed by atoms with Gasteiger partial charge in [-0.1, -0.05) is 36.4 Å². The Bertz CT molecular complexity index is 1440. The van der Waals surface area contributed by atoms with Gasteiger partial charge in [0.25, 0.3) is 0 Å². The Kier molecular flexibility index (Phi) is 5.35. The van der Waals surface area contributed by atoms with Gasteiger partial charge in [0, 0.05) is 11.1 Å². The van der Waals surface area contributed by atoms with Crippen LogP contribution in [0, 0.1) is 0 Å². The van der Waals surface area contributed by atoms with Crippen molar-refractivity contribution in [2.45, 2.75) is 11.7 Å². The Morgan fingerprint density at radius 2 is 1.55 bits per heavy atom. The first-order chi connectivity index (χ1) is 15.3. The molecule has 5 nitrogen and oxygen atoms in total. The van der Waals surface area contributed by atoms with Crippen molar-refractivity contribution in [1.82, 2.24) is 9.97 Å². The number of nitrogens with zero attached hydrogens (tertiary/aromatic N) is 1. The average Bonchev–Trinajstić information content (AvgIpc) is 3.16. The maximum atomic E-state index is 13.0. The third-order valence-corrected chi connectivity index (χ3v) is 5.83. The normalized spacial score (nSPS) is 12.8. The molecule has 0 radical (unpaired) electrons. The number of hydrogen-bond donors (Lipinski definition) is 2. The molecule has 1 aromatic heterocycles. The first-order valence-corrected chi connectivity index (χ1v) is 10.7. The summed E-state index contributed by atoms with van der Waals surface area (Å²) in [5, 5.41) is 0. The summed E-state index contributed by atoms with van der Waals surface area (Å²) in [5.74, 6) is 0.166. The van der Waals surface area contributed by atoms with Crippen molar-refractivity contribution in [3.05, 3.63) is 72.3 Å². The van der Waals surface area contributed by atoms with Crippen molar-refractivity contribution in [1.29, 1.82) is 0 Å². The Hall–Kier alpha value is -3.54. The van der Waals surface area contributed by atoms with Gasteiger partial charge < -0.3 is 4.98 Å². The molecule has 0 aliphatic rings. The number of alkyl halides is 6. The van der Waals surface area contributed by atoms with Gasteiger partial charge in [-0.05, 0) is 35.9 Å². The number of hydrogen-bond acceptors (Lipinski definition) is 3. The second kappa shape index (κ2) is 7.80. The summed E-state index contributed by atoms with van der Waals surface area (Å²) in [6.07, 6.45) is -4.53. The molecule has 12 heteroatoms. The van der Waals surface area contributed by atoms with Gasteiger partial charge in [0.1, 0.15) is 5.82 Å². The lowest BCUT2D eigenvalue weighted by Gasteiger charge is -2.14. The molecule has 4 rings (SSSR count). The zero-order chi connectivity index (χ0) is 24.0. The molecule has 0 saturated heterocycles. The Balaban J connectivity index is 1.74. The second-order valence-corrected chi connectivity index (χ2v) is 8.67. The average molecular weight is 485 g/mol. The van der Waals surface area contributed by atoms with E-state index in [2.05, 4.69) is 9.97 Å².